The van der Waals surface area contributed by atoms with Crippen molar-refractivity contribution >= 4 is 23.2 Å². The summed E-state index contributed by atoms with van der Waals surface area (Å²) in [6.45, 7) is 6.36. The first-order valence-electron chi connectivity index (χ1n) is 6.93. The number of hydrogen-bond acceptors (Lipinski definition) is 3. The molecule has 1 aromatic carbocycles. The monoisotopic (exact) mass is 298 g/mol. The van der Waals surface area contributed by atoms with E-state index >= 15 is 0 Å². The Kier molecular flexibility index (Phi) is 6.30. The van der Waals surface area contributed by atoms with Crippen molar-refractivity contribution in [1.29, 1.82) is 0 Å². The number of nitrogens with one attached hydrogen (secondary N) is 1. The van der Waals surface area contributed by atoms with E-state index in [0.717, 1.165) is 12.8 Å². The molecule has 0 aliphatic heterocycles. The highest BCUT2D eigenvalue weighted by atomic mass is 35.5. The smallest absolute Gasteiger partial charge is 0.244 e. The van der Waals surface area contributed by atoms with Crippen molar-refractivity contribution in [3.05, 3.63) is 23.2 Å². The maximum atomic E-state index is 12.1. The summed E-state index contributed by atoms with van der Waals surface area (Å²) in [4.78, 5) is 12.1. The van der Waals surface area contributed by atoms with Crippen LogP contribution in [-0.2, 0) is 4.79 Å². The molecule has 1 unspecified atom stereocenters. The minimum atomic E-state index is -0.876. The number of amides is 1. The van der Waals surface area contributed by atoms with E-state index in [1.807, 2.05) is 13.8 Å². The van der Waals surface area contributed by atoms with E-state index in [9.17, 15) is 4.79 Å². The van der Waals surface area contributed by atoms with Crippen molar-refractivity contribution in [1.82, 2.24) is 0 Å². The molecule has 1 aromatic rings. The molecule has 0 radical (unpaired) electrons. The summed E-state index contributed by atoms with van der Waals surface area (Å²) >= 11 is 6.12. The van der Waals surface area contributed by atoms with Crippen LogP contribution in [0.5, 0.6) is 5.75 Å². The molecule has 0 aliphatic rings. The normalized spacial score (nSPS) is 13.7. The summed E-state index contributed by atoms with van der Waals surface area (Å²) in [5.41, 5.74) is 5.73. The Labute approximate surface area is 125 Å². The van der Waals surface area contributed by atoms with Crippen LogP contribution in [0.3, 0.4) is 0 Å². The number of ether oxygens (including phenoxy) is 1. The third-order valence-corrected chi connectivity index (χ3v) is 3.23. The standard InChI is InChI=1S/C15H23ClN2O2/c1-4-8-15(3,17)14(19)18-11-6-7-13(12(16)10-11)20-9-5-2/h6-7,10H,4-5,8-9,17H2,1-3H3,(H,18,19). The zero-order chi connectivity index (χ0) is 15.2. The third kappa shape index (κ3) is 4.69. The van der Waals surface area contributed by atoms with Crippen LogP contribution in [-0.4, -0.2) is 18.1 Å². The number of hydrogen-bond donors (Lipinski definition) is 2. The second-order valence-electron chi connectivity index (χ2n) is 5.12. The molecule has 0 fully saturated rings. The fourth-order valence-corrected chi connectivity index (χ4v) is 2.05. The van der Waals surface area contributed by atoms with Gasteiger partial charge in [0.25, 0.3) is 0 Å². The Bertz CT molecular complexity index is 461. The fraction of sp³-hybridized carbons (Fsp3) is 0.533. The molecule has 0 aromatic heterocycles. The van der Waals surface area contributed by atoms with E-state index in [2.05, 4.69) is 5.32 Å². The molecule has 20 heavy (non-hydrogen) atoms. The lowest BCUT2D eigenvalue weighted by Crippen LogP contribution is -2.48. The molecular weight excluding hydrogens is 276 g/mol. The van der Waals surface area contributed by atoms with E-state index in [1.165, 1.54) is 0 Å². The lowest BCUT2D eigenvalue weighted by molar-refractivity contribution is -0.120. The second kappa shape index (κ2) is 7.50. The molecule has 0 heterocycles. The van der Waals surface area contributed by atoms with Crippen LogP contribution in [0.15, 0.2) is 18.2 Å². The van der Waals surface area contributed by atoms with E-state index in [-0.39, 0.29) is 5.91 Å². The first kappa shape index (κ1) is 16.8. The molecule has 0 saturated heterocycles. The lowest BCUT2D eigenvalue weighted by Gasteiger charge is -2.23. The molecule has 3 N–H and O–H groups in total. The van der Waals surface area contributed by atoms with Crippen molar-refractivity contribution < 1.29 is 9.53 Å². The van der Waals surface area contributed by atoms with Crippen LogP contribution < -0.4 is 15.8 Å². The van der Waals surface area contributed by atoms with Crippen molar-refractivity contribution in [3.63, 3.8) is 0 Å². The maximum absolute atomic E-state index is 12.1. The topological polar surface area (TPSA) is 64.3 Å². The summed E-state index contributed by atoms with van der Waals surface area (Å²) in [7, 11) is 0. The van der Waals surface area contributed by atoms with Crippen molar-refractivity contribution in [2.75, 3.05) is 11.9 Å². The van der Waals surface area contributed by atoms with Crippen LogP contribution in [0, 0.1) is 0 Å². The maximum Gasteiger partial charge on any atom is 0.244 e. The predicted octanol–water partition coefficient (Wildman–Crippen LogP) is 3.58. The average Bonchev–Trinajstić information content (AvgIpc) is 2.37. The van der Waals surface area contributed by atoms with Crippen LogP contribution in [0.25, 0.3) is 0 Å². The SMILES string of the molecule is CCCOc1ccc(NC(=O)C(C)(N)CCC)cc1Cl. The highest BCUT2D eigenvalue weighted by Crippen LogP contribution is 2.28. The van der Waals surface area contributed by atoms with E-state index in [1.54, 1.807) is 25.1 Å². The quantitative estimate of drug-likeness (QED) is 0.808. The molecule has 4 nitrogen and oxygen atoms in total. The number of benzene rings is 1. The molecule has 1 atom stereocenters. The second-order valence-corrected chi connectivity index (χ2v) is 5.52. The van der Waals surface area contributed by atoms with Crippen molar-refractivity contribution in [2.24, 2.45) is 5.73 Å². The van der Waals surface area contributed by atoms with Gasteiger partial charge in [0.05, 0.1) is 17.2 Å². The Hall–Kier alpha value is -1.26. The Morgan fingerprint density at radius 3 is 2.65 bits per heavy atom. The summed E-state index contributed by atoms with van der Waals surface area (Å²) in [6, 6.07) is 5.19. The number of anilines is 1. The van der Waals surface area contributed by atoms with Gasteiger partial charge in [-0.15, -0.1) is 0 Å². The van der Waals surface area contributed by atoms with Crippen LogP contribution in [0.4, 0.5) is 5.69 Å². The minimum Gasteiger partial charge on any atom is -0.492 e. The predicted molar refractivity (Wildman–Crippen MR) is 83.4 cm³/mol. The van der Waals surface area contributed by atoms with Crippen molar-refractivity contribution in [2.45, 2.75) is 45.6 Å². The Morgan fingerprint density at radius 2 is 2.10 bits per heavy atom. The first-order valence-corrected chi connectivity index (χ1v) is 7.31. The summed E-state index contributed by atoms with van der Waals surface area (Å²) < 4.78 is 5.48. The summed E-state index contributed by atoms with van der Waals surface area (Å²) in [5.74, 6) is 0.410. The minimum absolute atomic E-state index is 0.211. The lowest BCUT2D eigenvalue weighted by atomic mass is 9.96. The number of carbonyl (C=O) groups excluding carboxylic acids is 1. The van der Waals surface area contributed by atoms with Gasteiger partial charge in [0.1, 0.15) is 5.75 Å². The molecule has 5 heteroatoms. The van der Waals surface area contributed by atoms with Gasteiger partial charge in [-0.25, -0.2) is 0 Å². The van der Waals surface area contributed by atoms with Gasteiger partial charge in [-0.1, -0.05) is 31.9 Å². The van der Waals surface area contributed by atoms with Gasteiger partial charge in [0, 0.05) is 5.69 Å². The average molecular weight is 299 g/mol. The number of carbonyl (C=O) groups is 1. The van der Waals surface area contributed by atoms with Crippen LogP contribution in [0.2, 0.25) is 5.02 Å². The zero-order valence-corrected chi connectivity index (χ0v) is 13.1. The van der Waals surface area contributed by atoms with Gasteiger partial charge in [-0.3, -0.25) is 4.79 Å². The molecule has 0 saturated carbocycles. The molecule has 112 valence electrons. The number of halogens is 1. The highest BCUT2D eigenvalue weighted by Gasteiger charge is 2.27. The highest BCUT2D eigenvalue weighted by molar-refractivity contribution is 6.32. The summed E-state index contributed by atoms with van der Waals surface area (Å²) in [6.07, 6.45) is 2.40. The van der Waals surface area contributed by atoms with Crippen molar-refractivity contribution in [3.8, 4) is 5.75 Å². The molecule has 1 amide bonds. The molecule has 1 rings (SSSR count). The van der Waals surface area contributed by atoms with Gasteiger partial charge >= 0.3 is 0 Å². The zero-order valence-electron chi connectivity index (χ0n) is 12.3. The van der Waals surface area contributed by atoms with Crippen LogP contribution >= 0.6 is 11.6 Å². The van der Waals surface area contributed by atoms with Gasteiger partial charge in [0.2, 0.25) is 5.91 Å². The van der Waals surface area contributed by atoms with E-state index < -0.39 is 5.54 Å². The van der Waals surface area contributed by atoms with Crippen LogP contribution in [0.1, 0.15) is 40.0 Å². The molecule has 0 bridgehead atoms. The third-order valence-electron chi connectivity index (χ3n) is 2.94. The van der Waals surface area contributed by atoms with Gasteiger partial charge in [-0.05, 0) is 38.0 Å². The molecular formula is C15H23ClN2O2. The number of rotatable bonds is 7. The van der Waals surface area contributed by atoms with Gasteiger partial charge in [0.15, 0.2) is 0 Å². The van der Waals surface area contributed by atoms with Gasteiger partial charge in [-0.2, -0.15) is 0 Å². The Balaban J connectivity index is 2.74. The largest absolute Gasteiger partial charge is 0.492 e. The van der Waals surface area contributed by atoms with E-state index in [4.69, 9.17) is 22.1 Å². The Morgan fingerprint density at radius 1 is 1.40 bits per heavy atom. The number of nitrogens with two attached hydrogens (primary N) is 1. The molecule has 0 aliphatic carbocycles. The fourth-order valence-electron chi connectivity index (χ4n) is 1.81. The first-order chi connectivity index (χ1) is 9.40. The summed E-state index contributed by atoms with van der Waals surface area (Å²) in [5, 5.41) is 3.26. The van der Waals surface area contributed by atoms with Gasteiger partial charge < -0.3 is 15.8 Å². The van der Waals surface area contributed by atoms with E-state index in [0.29, 0.717) is 29.5 Å². The molecule has 0 spiro atoms.